The Morgan fingerprint density at radius 1 is 0.688 bits per heavy atom. The van der Waals surface area contributed by atoms with E-state index in [0.717, 1.165) is 38.3 Å². The number of benzene rings is 2. The van der Waals surface area contributed by atoms with Gasteiger partial charge in [-0.05, 0) is 49.9 Å². The van der Waals surface area contributed by atoms with Crippen molar-refractivity contribution in [2.45, 2.75) is 57.5 Å². The second-order valence-electron chi connectivity index (χ2n) is 8.20. The minimum Gasteiger partial charge on any atom is -0.360 e. The zero-order valence-electron chi connectivity index (χ0n) is 17.3. The van der Waals surface area contributed by atoms with E-state index in [4.69, 9.17) is 0 Å². The van der Waals surface area contributed by atoms with Crippen molar-refractivity contribution in [3.8, 4) is 0 Å². The SMILES string of the molecule is O=S(=O)(c1ccccc1)c1cnc(S(=O)(=O)c2ccccc2)c2c1NC1(CCCCC1)N2. The summed E-state index contributed by atoms with van der Waals surface area (Å²) in [5.41, 5.74) is -0.0704. The zero-order chi connectivity index (χ0) is 22.4. The van der Waals surface area contributed by atoms with Gasteiger partial charge in [0.1, 0.15) is 10.6 Å². The van der Waals surface area contributed by atoms with Gasteiger partial charge in [0.05, 0.1) is 21.2 Å². The standard InChI is InChI=1S/C23H23N3O4S2/c27-31(28,17-10-4-1-5-11-17)19-16-24-22(32(29,30)18-12-6-2-7-13-18)21-20(19)25-23(26-21)14-8-3-9-15-23/h1-2,4-7,10-13,16,25-26H,3,8-9,14-15H2. The molecule has 2 heterocycles. The van der Waals surface area contributed by atoms with Crippen LogP contribution in [-0.4, -0.2) is 27.5 Å². The maximum atomic E-state index is 13.4. The molecule has 0 radical (unpaired) electrons. The van der Waals surface area contributed by atoms with Crippen molar-refractivity contribution in [1.82, 2.24) is 4.98 Å². The molecule has 1 fully saturated rings. The molecule has 0 atom stereocenters. The fourth-order valence-corrected chi connectivity index (χ4v) is 7.21. The van der Waals surface area contributed by atoms with E-state index in [1.54, 1.807) is 36.4 Å². The molecule has 1 aliphatic carbocycles. The Bertz CT molecular complexity index is 1270. The molecule has 32 heavy (non-hydrogen) atoms. The summed E-state index contributed by atoms with van der Waals surface area (Å²) in [5.74, 6) is 0. The molecule has 3 aromatic rings. The van der Waals surface area contributed by atoms with Gasteiger partial charge in [0.25, 0.3) is 0 Å². The average molecular weight is 470 g/mol. The van der Waals surface area contributed by atoms with E-state index in [1.807, 2.05) is 0 Å². The first kappa shape index (κ1) is 21.0. The summed E-state index contributed by atoms with van der Waals surface area (Å²) in [6.07, 6.45) is 5.69. The van der Waals surface area contributed by atoms with Crippen LogP contribution in [0, 0.1) is 0 Å². The highest BCUT2D eigenvalue weighted by Crippen LogP contribution is 2.48. The lowest BCUT2D eigenvalue weighted by Crippen LogP contribution is -2.43. The molecule has 1 aromatic heterocycles. The molecule has 2 aromatic carbocycles. The van der Waals surface area contributed by atoms with Crippen LogP contribution in [0.3, 0.4) is 0 Å². The van der Waals surface area contributed by atoms with Crippen molar-refractivity contribution in [2.24, 2.45) is 0 Å². The van der Waals surface area contributed by atoms with E-state index >= 15 is 0 Å². The summed E-state index contributed by atoms with van der Waals surface area (Å²) in [5, 5.41) is 6.54. The Kier molecular flexibility index (Phi) is 4.98. The van der Waals surface area contributed by atoms with Crippen LogP contribution in [0.1, 0.15) is 32.1 Å². The maximum absolute atomic E-state index is 13.4. The van der Waals surface area contributed by atoms with Crippen LogP contribution < -0.4 is 10.6 Å². The topological polar surface area (TPSA) is 105 Å². The highest BCUT2D eigenvalue weighted by molar-refractivity contribution is 7.92. The summed E-state index contributed by atoms with van der Waals surface area (Å²) in [7, 11) is -7.86. The monoisotopic (exact) mass is 469 g/mol. The normalized spacial score (nSPS) is 17.4. The Balaban J connectivity index is 1.71. The Morgan fingerprint density at radius 2 is 1.22 bits per heavy atom. The quantitative estimate of drug-likeness (QED) is 0.589. The molecule has 1 spiro atoms. The lowest BCUT2D eigenvalue weighted by Gasteiger charge is -2.34. The first-order chi connectivity index (χ1) is 15.3. The zero-order valence-corrected chi connectivity index (χ0v) is 18.9. The van der Waals surface area contributed by atoms with Crippen LogP contribution in [0.25, 0.3) is 0 Å². The number of hydrogen-bond acceptors (Lipinski definition) is 7. The molecule has 0 amide bonds. The summed E-state index contributed by atoms with van der Waals surface area (Å²) < 4.78 is 53.7. The first-order valence-electron chi connectivity index (χ1n) is 10.5. The second kappa shape index (κ2) is 7.60. The van der Waals surface area contributed by atoms with Crippen LogP contribution in [0.15, 0.2) is 86.6 Å². The third-order valence-electron chi connectivity index (χ3n) is 6.10. The minimum absolute atomic E-state index is 0.0272. The third-order valence-corrected chi connectivity index (χ3v) is 9.59. The van der Waals surface area contributed by atoms with E-state index in [-0.39, 0.29) is 31.1 Å². The number of sulfone groups is 2. The van der Waals surface area contributed by atoms with Crippen LogP contribution in [0.5, 0.6) is 0 Å². The minimum atomic E-state index is -3.95. The molecule has 5 rings (SSSR count). The lowest BCUT2D eigenvalue weighted by atomic mass is 9.89. The molecule has 2 N–H and O–H groups in total. The maximum Gasteiger partial charge on any atom is 0.226 e. The fourth-order valence-electron chi connectivity index (χ4n) is 4.48. The lowest BCUT2D eigenvalue weighted by molar-refractivity contribution is 0.366. The molecule has 1 aliphatic heterocycles. The summed E-state index contributed by atoms with van der Waals surface area (Å²) in [6.45, 7) is 0. The Hall–Kier alpha value is -2.91. The van der Waals surface area contributed by atoms with Gasteiger partial charge in [-0.1, -0.05) is 42.8 Å². The summed E-state index contributed by atoms with van der Waals surface area (Å²) >= 11 is 0. The first-order valence-corrected chi connectivity index (χ1v) is 13.5. The number of aromatic nitrogens is 1. The van der Waals surface area contributed by atoms with Gasteiger partial charge >= 0.3 is 0 Å². The van der Waals surface area contributed by atoms with Gasteiger partial charge in [0, 0.05) is 6.20 Å². The molecular weight excluding hydrogens is 446 g/mol. The molecule has 9 heteroatoms. The molecule has 2 aliphatic rings. The number of pyridine rings is 1. The summed E-state index contributed by atoms with van der Waals surface area (Å²) in [6, 6.07) is 16.2. The molecule has 166 valence electrons. The molecule has 1 saturated carbocycles. The van der Waals surface area contributed by atoms with E-state index in [2.05, 4.69) is 15.6 Å². The number of rotatable bonds is 4. The van der Waals surface area contributed by atoms with Crippen molar-refractivity contribution in [3.63, 3.8) is 0 Å². The molecule has 0 saturated heterocycles. The van der Waals surface area contributed by atoms with Gasteiger partial charge < -0.3 is 10.6 Å². The van der Waals surface area contributed by atoms with Gasteiger partial charge in [-0.3, -0.25) is 0 Å². The largest absolute Gasteiger partial charge is 0.360 e. The van der Waals surface area contributed by atoms with Gasteiger partial charge in [-0.15, -0.1) is 0 Å². The van der Waals surface area contributed by atoms with Gasteiger partial charge in [-0.2, -0.15) is 0 Å². The molecular formula is C23H23N3O4S2. The highest BCUT2D eigenvalue weighted by atomic mass is 32.2. The van der Waals surface area contributed by atoms with Crippen LogP contribution in [-0.2, 0) is 19.7 Å². The fraction of sp³-hybridized carbons (Fsp3) is 0.261. The van der Waals surface area contributed by atoms with E-state index in [0.29, 0.717) is 0 Å². The third kappa shape index (κ3) is 3.36. The van der Waals surface area contributed by atoms with Crippen molar-refractivity contribution >= 4 is 31.0 Å². The molecule has 7 nitrogen and oxygen atoms in total. The van der Waals surface area contributed by atoms with Crippen LogP contribution in [0.2, 0.25) is 0 Å². The Labute approximate surface area is 187 Å². The van der Waals surface area contributed by atoms with Crippen LogP contribution in [0.4, 0.5) is 11.4 Å². The predicted molar refractivity (Wildman–Crippen MR) is 121 cm³/mol. The van der Waals surface area contributed by atoms with E-state index in [9.17, 15) is 16.8 Å². The van der Waals surface area contributed by atoms with Crippen molar-refractivity contribution in [1.29, 1.82) is 0 Å². The number of nitrogens with zero attached hydrogens (tertiary/aromatic N) is 1. The second-order valence-corrected chi connectivity index (χ2v) is 12.0. The van der Waals surface area contributed by atoms with Gasteiger partial charge in [0.15, 0.2) is 5.03 Å². The average Bonchev–Trinajstić information content (AvgIpc) is 3.17. The smallest absolute Gasteiger partial charge is 0.226 e. The Morgan fingerprint density at radius 3 is 1.81 bits per heavy atom. The van der Waals surface area contributed by atoms with Crippen molar-refractivity contribution in [3.05, 3.63) is 66.9 Å². The van der Waals surface area contributed by atoms with Crippen molar-refractivity contribution in [2.75, 3.05) is 10.6 Å². The number of hydrogen-bond donors (Lipinski definition) is 2. The molecule has 0 unspecified atom stereocenters. The number of anilines is 2. The number of fused-ring (bicyclic) bond motifs is 1. The highest BCUT2D eigenvalue weighted by Gasteiger charge is 2.43. The van der Waals surface area contributed by atoms with Crippen LogP contribution >= 0.6 is 0 Å². The van der Waals surface area contributed by atoms with Gasteiger partial charge in [-0.25, -0.2) is 21.8 Å². The van der Waals surface area contributed by atoms with Gasteiger partial charge in [0.2, 0.25) is 19.7 Å². The van der Waals surface area contributed by atoms with Crippen molar-refractivity contribution < 1.29 is 16.8 Å². The number of nitrogens with one attached hydrogen (secondary N) is 2. The summed E-state index contributed by atoms with van der Waals surface area (Å²) in [4.78, 5) is 4.42. The predicted octanol–water partition coefficient (Wildman–Crippen LogP) is 4.25. The van der Waals surface area contributed by atoms with E-state index in [1.165, 1.54) is 24.3 Å². The molecule has 0 bridgehead atoms. The van der Waals surface area contributed by atoms with E-state index < -0.39 is 25.3 Å².